The van der Waals surface area contributed by atoms with E-state index in [0.717, 1.165) is 6.54 Å². The zero-order valence-electron chi connectivity index (χ0n) is 9.65. The number of hydrogen-bond acceptors (Lipinski definition) is 4. The number of nitrogens with zero attached hydrogens (tertiary/aromatic N) is 1. The zero-order valence-corrected chi connectivity index (χ0v) is 11.3. The number of nitrogens with two attached hydrogens (primary N) is 2. The smallest absolute Gasteiger partial charge is 0.262 e. The van der Waals surface area contributed by atoms with Crippen LogP contribution in [0, 0.1) is 9.87 Å². The highest BCUT2D eigenvalue weighted by molar-refractivity contribution is 7.73. The summed E-state index contributed by atoms with van der Waals surface area (Å²) in [6, 6.07) is 0. The Morgan fingerprint density at radius 1 is 1.41 bits per heavy atom. The molecule has 1 aromatic rings. The minimum Gasteiger partial charge on any atom is -0.384 e. The Hall–Kier alpha value is -0.880. The van der Waals surface area contributed by atoms with Gasteiger partial charge in [0.1, 0.15) is 10.7 Å². The van der Waals surface area contributed by atoms with Crippen LogP contribution in [-0.4, -0.2) is 10.5 Å². The summed E-state index contributed by atoms with van der Waals surface area (Å²) in [5, 5.41) is 0. The minimum absolute atomic E-state index is 0.394. The first kappa shape index (κ1) is 12.6. The molecule has 1 heterocycles. The van der Waals surface area contributed by atoms with Crippen LogP contribution in [0.1, 0.15) is 41.8 Å². The third kappa shape index (κ3) is 2.69. The highest BCUT2D eigenvalue weighted by atomic mass is 32.1. The van der Waals surface area contributed by atoms with E-state index in [1.54, 1.807) is 0 Å². The van der Waals surface area contributed by atoms with Gasteiger partial charge in [0.05, 0.1) is 0 Å². The van der Waals surface area contributed by atoms with E-state index < -0.39 is 5.91 Å². The van der Waals surface area contributed by atoms with Crippen molar-refractivity contribution < 1.29 is 4.79 Å². The fourth-order valence-corrected chi connectivity index (χ4v) is 3.59. The molecular formula is C11H17N3OS2. The number of aromatic nitrogens is 1. The van der Waals surface area contributed by atoms with Crippen molar-refractivity contribution in [1.82, 2.24) is 4.57 Å². The molecule has 1 aliphatic rings. The summed E-state index contributed by atoms with van der Waals surface area (Å²) in [5.74, 6) is 0.590. The predicted octanol–water partition coefficient (Wildman–Crippen LogP) is 2.54. The van der Waals surface area contributed by atoms with E-state index in [0.29, 0.717) is 20.6 Å². The van der Waals surface area contributed by atoms with E-state index >= 15 is 0 Å². The van der Waals surface area contributed by atoms with E-state index in [1.165, 1.54) is 43.4 Å². The van der Waals surface area contributed by atoms with Crippen LogP contribution in [0.25, 0.3) is 0 Å². The molecule has 1 amide bonds. The fourth-order valence-electron chi connectivity index (χ4n) is 2.39. The summed E-state index contributed by atoms with van der Waals surface area (Å²) in [6.45, 7) is 0.828. The van der Waals surface area contributed by atoms with Gasteiger partial charge in [-0.1, -0.05) is 30.6 Å². The molecule has 0 radical (unpaired) electrons. The van der Waals surface area contributed by atoms with Crippen molar-refractivity contribution >= 4 is 35.3 Å². The molecule has 17 heavy (non-hydrogen) atoms. The molecule has 1 aromatic heterocycles. The van der Waals surface area contributed by atoms with Gasteiger partial charge in [-0.15, -0.1) is 0 Å². The Bertz CT molecular complexity index is 472. The highest BCUT2D eigenvalue weighted by Gasteiger charge is 2.19. The van der Waals surface area contributed by atoms with E-state index in [1.807, 2.05) is 4.57 Å². The molecule has 2 rings (SSSR count). The molecule has 0 spiro atoms. The fraction of sp³-hybridized carbons (Fsp3) is 0.636. The van der Waals surface area contributed by atoms with Gasteiger partial charge in [-0.05, 0) is 31.0 Å². The number of primary amides is 1. The normalized spacial score (nSPS) is 17.2. The summed E-state index contributed by atoms with van der Waals surface area (Å²) in [6.07, 6.45) is 6.34. The number of carbonyl (C=O) groups is 1. The van der Waals surface area contributed by atoms with Crippen molar-refractivity contribution in [3.05, 3.63) is 8.83 Å². The molecule has 0 bridgehead atoms. The standard InChI is InChI=1S/C11H17N3OS2/c12-9-8(10(13)15)17-11(16)14(9)6-7-4-2-1-3-5-7/h7H,1-6,12H2,(H2,13,15). The molecule has 6 heteroatoms. The first-order chi connectivity index (χ1) is 8.09. The second-order valence-electron chi connectivity index (χ2n) is 4.56. The van der Waals surface area contributed by atoms with E-state index in [9.17, 15) is 4.79 Å². The molecule has 0 unspecified atom stereocenters. The Balaban J connectivity index is 2.20. The maximum absolute atomic E-state index is 11.2. The van der Waals surface area contributed by atoms with Crippen molar-refractivity contribution in [2.45, 2.75) is 38.6 Å². The van der Waals surface area contributed by atoms with Crippen LogP contribution >= 0.6 is 23.6 Å². The zero-order chi connectivity index (χ0) is 12.4. The number of hydrogen-bond donors (Lipinski definition) is 2. The van der Waals surface area contributed by atoms with Gasteiger partial charge in [0.2, 0.25) is 0 Å². The third-order valence-corrected chi connectivity index (χ3v) is 4.80. The third-order valence-electron chi connectivity index (χ3n) is 3.32. The Labute approximate surface area is 110 Å². The van der Waals surface area contributed by atoms with Gasteiger partial charge in [-0.2, -0.15) is 0 Å². The molecular weight excluding hydrogens is 254 g/mol. The molecule has 1 saturated carbocycles. The largest absolute Gasteiger partial charge is 0.384 e. The van der Waals surface area contributed by atoms with Crippen molar-refractivity contribution in [1.29, 1.82) is 0 Å². The lowest BCUT2D eigenvalue weighted by molar-refractivity contribution is 0.100. The van der Waals surface area contributed by atoms with Crippen molar-refractivity contribution in [2.75, 3.05) is 5.73 Å². The van der Waals surface area contributed by atoms with Crippen LogP contribution in [0.15, 0.2) is 0 Å². The number of anilines is 1. The molecule has 4 N–H and O–H groups in total. The second-order valence-corrected chi connectivity index (χ2v) is 6.21. The number of thiazole rings is 1. The Morgan fingerprint density at radius 3 is 2.59 bits per heavy atom. The van der Waals surface area contributed by atoms with Crippen molar-refractivity contribution in [3.8, 4) is 0 Å². The van der Waals surface area contributed by atoms with Gasteiger partial charge in [-0.25, -0.2) is 0 Å². The maximum Gasteiger partial charge on any atom is 0.262 e. The number of rotatable bonds is 3. The first-order valence-electron chi connectivity index (χ1n) is 5.88. The molecule has 0 atom stereocenters. The molecule has 4 nitrogen and oxygen atoms in total. The van der Waals surface area contributed by atoms with E-state index in [2.05, 4.69) is 0 Å². The van der Waals surface area contributed by atoms with Gasteiger partial charge in [-0.3, -0.25) is 4.79 Å². The number of nitrogen functional groups attached to an aromatic ring is 1. The predicted molar refractivity (Wildman–Crippen MR) is 72.6 cm³/mol. The van der Waals surface area contributed by atoms with Gasteiger partial charge in [0.15, 0.2) is 3.95 Å². The molecule has 0 aromatic carbocycles. The van der Waals surface area contributed by atoms with Crippen LogP contribution < -0.4 is 11.5 Å². The van der Waals surface area contributed by atoms with Gasteiger partial charge >= 0.3 is 0 Å². The monoisotopic (exact) mass is 271 g/mol. The van der Waals surface area contributed by atoms with E-state index in [4.69, 9.17) is 23.7 Å². The lowest BCUT2D eigenvalue weighted by atomic mass is 9.89. The topological polar surface area (TPSA) is 74.0 Å². The second kappa shape index (κ2) is 5.18. The summed E-state index contributed by atoms with van der Waals surface area (Å²) < 4.78 is 2.53. The van der Waals surface area contributed by atoms with Crippen LogP contribution in [0.5, 0.6) is 0 Å². The van der Waals surface area contributed by atoms with Crippen LogP contribution in [0.2, 0.25) is 0 Å². The van der Waals surface area contributed by atoms with Crippen molar-refractivity contribution in [2.24, 2.45) is 11.7 Å². The summed E-state index contributed by atoms with van der Waals surface area (Å²) in [7, 11) is 0. The molecule has 1 aliphatic carbocycles. The number of amides is 1. The van der Waals surface area contributed by atoms with Crippen LogP contribution in [0.4, 0.5) is 5.82 Å². The summed E-state index contributed by atoms with van der Waals surface area (Å²) in [4.78, 5) is 11.6. The number of carbonyl (C=O) groups excluding carboxylic acids is 1. The van der Waals surface area contributed by atoms with Gasteiger partial charge < -0.3 is 16.0 Å². The SMILES string of the molecule is NC(=O)c1sc(=S)n(CC2CCCCC2)c1N. The Morgan fingerprint density at radius 2 is 2.06 bits per heavy atom. The maximum atomic E-state index is 11.2. The lowest BCUT2D eigenvalue weighted by Crippen LogP contribution is -2.17. The van der Waals surface area contributed by atoms with Crippen LogP contribution in [0.3, 0.4) is 0 Å². The van der Waals surface area contributed by atoms with Gasteiger partial charge in [0.25, 0.3) is 5.91 Å². The van der Waals surface area contributed by atoms with Gasteiger partial charge in [0, 0.05) is 6.54 Å². The quantitative estimate of drug-likeness (QED) is 0.830. The van der Waals surface area contributed by atoms with E-state index in [-0.39, 0.29) is 0 Å². The Kier molecular flexibility index (Phi) is 3.83. The minimum atomic E-state index is -0.485. The first-order valence-corrected chi connectivity index (χ1v) is 7.11. The van der Waals surface area contributed by atoms with Crippen molar-refractivity contribution in [3.63, 3.8) is 0 Å². The van der Waals surface area contributed by atoms with Crippen LogP contribution in [-0.2, 0) is 6.54 Å². The molecule has 0 aliphatic heterocycles. The summed E-state index contributed by atoms with van der Waals surface area (Å²) >= 11 is 6.46. The lowest BCUT2D eigenvalue weighted by Gasteiger charge is -2.22. The molecule has 94 valence electrons. The average Bonchev–Trinajstić information content (AvgIpc) is 2.58. The highest BCUT2D eigenvalue weighted by Crippen LogP contribution is 2.28. The molecule has 0 saturated heterocycles. The summed E-state index contributed by atoms with van der Waals surface area (Å²) in [5.41, 5.74) is 11.2. The molecule has 1 fully saturated rings. The average molecular weight is 271 g/mol.